The Balaban J connectivity index is 1.76. The van der Waals surface area contributed by atoms with Crippen molar-refractivity contribution >= 4 is 0 Å². The van der Waals surface area contributed by atoms with Crippen molar-refractivity contribution in [2.45, 2.75) is 124 Å². The lowest BCUT2D eigenvalue weighted by Crippen LogP contribution is -2.36. The van der Waals surface area contributed by atoms with Crippen molar-refractivity contribution in [3.63, 3.8) is 0 Å². The van der Waals surface area contributed by atoms with Gasteiger partial charge in [0.25, 0.3) is 0 Å². The molecule has 0 aliphatic heterocycles. The highest BCUT2D eigenvalue weighted by molar-refractivity contribution is 5.36. The number of allylic oxidation sites excluding steroid dienone is 6. The summed E-state index contributed by atoms with van der Waals surface area (Å²) in [5.74, 6) is 3.33. The highest BCUT2D eigenvalue weighted by Crippen LogP contribution is 2.60. The zero-order valence-corrected chi connectivity index (χ0v) is 22.5. The summed E-state index contributed by atoms with van der Waals surface area (Å²) in [7, 11) is 0. The first kappa shape index (κ1) is 26.5. The van der Waals surface area contributed by atoms with Crippen molar-refractivity contribution in [3.05, 3.63) is 47.1 Å². The quantitative estimate of drug-likeness (QED) is 0.345. The summed E-state index contributed by atoms with van der Waals surface area (Å²) in [5.41, 5.74) is 6.16. The molecule has 1 heteroatoms. The maximum atomic E-state index is 10.1. The Morgan fingerprint density at radius 2 is 1.88 bits per heavy atom. The van der Waals surface area contributed by atoms with E-state index in [0.717, 1.165) is 42.9 Å². The van der Waals surface area contributed by atoms with Crippen molar-refractivity contribution < 1.29 is 5.11 Å². The van der Waals surface area contributed by atoms with Crippen LogP contribution in [0.5, 0.6) is 0 Å². The Bertz CT molecular complexity index is 746. The average Bonchev–Trinajstić information content (AvgIpc) is 3.10. The molecule has 0 spiro atoms. The molecule has 0 aromatic carbocycles. The first-order valence-corrected chi connectivity index (χ1v) is 14.1. The fourth-order valence-electron chi connectivity index (χ4n) is 7.37. The lowest BCUT2D eigenvalue weighted by Gasteiger charge is -2.45. The van der Waals surface area contributed by atoms with E-state index >= 15 is 0 Å². The van der Waals surface area contributed by atoms with Gasteiger partial charge in [-0.3, -0.25) is 0 Å². The Hall–Kier alpha value is -1.08. The van der Waals surface area contributed by atoms with Crippen LogP contribution in [-0.4, -0.2) is 11.2 Å². The van der Waals surface area contributed by atoms with Crippen LogP contribution >= 0.6 is 0 Å². The zero-order valence-electron chi connectivity index (χ0n) is 22.5. The molecule has 0 heterocycles. The molecule has 1 N–H and O–H groups in total. The number of rotatable bonds is 9. The summed E-state index contributed by atoms with van der Waals surface area (Å²) in [6.45, 7) is 16.2. The predicted molar refractivity (Wildman–Crippen MR) is 144 cm³/mol. The van der Waals surface area contributed by atoms with E-state index in [0.29, 0.717) is 5.41 Å². The van der Waals surface area contributed by atoms with E-state index < -0.39 is 0 Å². The van der Waals surface area contributed by atoms with E-state index in [1.54, 1.807) is 5.57 Å². The molecule has 3 aliphatic carbocycles. The topological polar surface area (TPSA) is 20.2 Å². The third-order valence-electron chi connectivity index (χ3n) is 9.24. The standard InChI is InChI=1S/C32H52O/c1-23(2)10-7-12-26(13-8-11-24(3)4)30-19-20-31-27(14-9-21-32(30,31)6)16-17-28-22-29(33)18-15-25(28)5/h10,16-17,24,26,29-31,33H,5,7-9,11-15,18-22H2,1-4,6H3/t26-,29-,30+,31-,32+/m0/s1. The second kappa shape index (κ2) is 12.1. The highest BCUT2D eigenvalue weighted by Gasteiger charge is 2.51. The second-order valence-corrected chi connectivity index (χ2v) is 12.5. The molecule has 33 heavy (non-hydrogen) atoms. The maximum absolute atomic E-state index is 10.1. The summed E-state index contributed by atoms with van der Waals surface area (Å²) in [6.07, 6.45) is 23.3. The number of hydrogen-bond acceptors (Lipinski definition) is 1. The van der Waals surface area contributed by atoms with Gasteiger partial charge >= 0.3 is 0 Å². The Morgan fingerprint density at radius 3 is 2.61 bits per heavy atom. The van der Waals surface area contributed by atoms with Crippen LogP contribution in [0.15, 0.2) is 47.1 Å². The molecule has 0 bridgehead atoms. The van der Waals surface area contributed by atoms with E-state index in [1.807, 2.05) is 0 Å². The van der Waals surface area contributed by atoms with Gasteiger partial charge < -0.3 is 5.11 Å². The van der Waals surface area contributed by atoms with Gasteiger partial charge in [0.05, 0.1) is 6.10 Å². The summed E-state index contributed by atoms with van der Waals surface area (Å²) in [4.78, 5) is 0. The Kier molecular flexibility index (Phi) is 9.69. The van der Waals surface area contributed by atoms with Crippen molar-refractivity contribution in [2.75, 3.05) is 0 Å². The van der Waals surface area contributed by atoms with Gasteiger partial charge in [-0.15, -0.1) is 0 Å². The van der Waals surface area contributed by atoms with Gasteiger partial charge in [-0.05, 0) is 113 Å². The normalized spacial score (nSPS) is 33.5. The van der Waals surface area contributed by atoms with E-state index in [-0.39, 0.29) is 6.10 Å². The van der Waals surface area contributed by atoms with Gasteiger partial charge in [0.1, 0.15) is 0 Å². The first-order valence-electron chi connectivity index (χ1n) is 14.1. The van der Waals surface area contributed by atoms with Gasteiger partial charge in [0.15, 0.2) is 0 Å². The average molecular weight is 453 g/mol. The second-order valence-electron chi connectivity index (χ2n) is 12.5. The van der Waals surface area contributed by atoms with Crippen LogP contribution in [0, 0.1) is 29.1 Å². The summed E-state index contributed by atoms with van der Waals surface area (Å²) >= 11 is 0. The van der Waals surface area contributed by atoms with Crippen molar-refractivity contribution in [1.29, 1.82) is 0 Å². The summed E-state index contributed by atoms with van der Waals surface area (Å²) < 4.78 is 0. The minimum atomic E-state index is -0.181. The monoisotopic (exact) mass is 452 g/mol. The molecule has 0 unspecified atom stereocenters. The fourth-order valence-corrected chi connectivity index (χ4v) is 7.37. The number of fused-ring (bicyclic) bond motifs is 1. The van der Waals surface area contributed by atoms with E-state index in [4.69, 9.17) is 0 Å². The molecule has 3 fully saturated rings. The SMILES string of the molecule is C=C1CC[C@H](O)CC1=CC=C1CCC[C@]2(C)[C@@H]([C@@H](CCC=C(C)C)CCCC(C)C)CC[C@@H]12. The van der Waals surface area contributed by atoms with Crippen LogP contribution < -0.4 is 0 Å². The number of aliphatic hydroxyl groups is 1. The number of hydrogen-bond donors (Lipinski definition) is 1. The first-order chi connectivity index (χ1) is 15.7. The van der Waals surface area contributed by atoms with Crippen LogP contribution in [0.4, 0.5) is 0 Å². The highest BCUT2D eigenvalue weighted by atomic mass is 16.3. The minimum Gasteiger partial charge on any atom is -0.393 e. The molecule has 5 atom stereocenters. The molecular formula is C32H52O. The molecule has 1 nitrogen and oxygen atoms in total. The van der Waals surface area contributed by atoms with E-state index in [1.165, 1.54) is 80.9 Å². The third-order valence-corrected chi connectivity index (χ3v) is 9.24. The van der Waals surface area contributed by atoms with Gasteiger partial charge in [0, 0.05) is 0 Å². The van der Waals surface area contributed by atoms with Crippen LogP contribution in [0.3, 0.4) is 0 Å². The Morgan fingerprint density at radius 1 is 1.09 bits per heavy atom. The van der Waals surface area contributed by atoms with Gasteiger partial charge in [-0.1, -0.05) is 81.6 Å². The van der Waals surface area contributed by atoms with Crippen LogP contribution in [0.2, 0.25) is 0 Å². The zero-order chi connectivity index (χ0) is 24.0. The molecule has 0 radical (unpaired) electrons. The van der Waals surface area contributed by atoms with Crippen LogP contribution in [0.25, 0.3) is 0 Å². The van der Waals surface area contributed by atoms with Crippen LogP contribution in [-0.2, 0) is 0 Å². The molecule has 0 aromatic heterocycles. The van der Waals surface area contributed by atoms with Crippen LogP contribution in [0.1, 0.15) is 118 Å². The molecule has 0 aromatic rings. The van der Waals surface area contributed by atoms with E-state index in [9.17, 15) is 5.11 Å². The van der Waals surface area contributed by atoms with Gasteiger partial charge in [-0.25, -0.2) is 0 Å². The van der Waals surface area contributed by atoms with E-state index in [2.05, 4.69) is 59.4 Å². The Labute approximate surface area is 205 Å². The molecule has 186 valence electrons. The minimum absolute atomic E-state index is 0.181. The maximum Gasteiger partial charge on any atom is 0.0583 e. The molecule has 0 saturated heterocycles. The van der Waals surface area contributed by atoms with Gasteiger partial charge in [-0.2, -0.15) is 0 Å². The lowest BCUT2D eigenvalue weighted by atomic mass is 9.60. The predicted octanol–water partition coefficient (Wildman–Crippen LogP) is 9.35. The molecule has 3 rings (SSSR count). The van der Waals surface area contributed by atoms with Crippen molar-refractivity contribution in [2.24, 2.45) is 29.1 Å². The third kappa shape index (κ3) is 6.97. The van der Waals surface area contributed by atoms with Crippen molar-refractivity contribution in [3.8, 4) is 0 Å². The fraction of sp³-hybridized carbons (Fsp3) is 0.750. The molecule has 0 amide bonds. The lowest BCUT2D eigenvalue weighted by molar-refractivity contribution is 0.0824. The van der Waals surface area contributed by atoms with Crippen molar-refractivity contribution in [1.82, 2.24) is 0 Å². The largest absolute Gasteiger partial charge is 0.393 e. The smallest absolute Gasteiger partial charge is 0.0583 e. The molecule has 3 aliphatic rings. The number of aliphatic hydroxyl groups excluding tert-OH is 1. The molecule has 3 saturated carbocycles. The summed E-state index contributed by atoms with van der Waals surface area (Å²) in [6, 6.07) is 0. The molecular weight excluding hydrogens is 400 g/mol. The van der Waals surface area contributed by atoms with Gasteiger partial charge in [0.2, 0.25) is 0 Å². The summed E-state index contributed by atoms with van der Waals surface area (Å²) in [5, 5.41) is 10.1.